The molecule has 24 heavy (non-hydrogen) atoms. The van der Waals surface area contributed by atoms with Crippen molar-refractivity contribution in [2.45, 2.75) is 12.8 Å². The average molecular weight is 327 g/mol. The molecule has 5 heteroatoms. The molecule has 1 aliphatic rings. The normalized spacial score (nSPS) is 18.5. The molecule has 1 N–H and O–H groups in total. The lowest BCUT2D eigenvalue weighted by Gasteiger charge is -2.30. The molecular weight excluding hydrogens is 306 g/mol. The minimum Gasteiger partial charge on any atom is -0.497 e. The van der Waals surface area contributed by atoms with E-state index in [2.05, 4.69) is 0 Å². The van der Waals surface area contributed by atoms with Crippen molar-refractivity contribution in [3.63, 3.8) is 0 Å². The van der Waals surface area contributed by atoms with Gasteiger partial charge in [0, 0.05) is 18.0 Å². The van der Waals surface area contributed by atoms with Crippen LogP contribution in [-0.4, -0.2) is 48.5 Å². The second-order valence-electron chi connectivity index (χ2n) is 6.26. The van der Waals surface area contributed by atoms with Crippen molar-refractivity contribution >= 4 is 22.5 Å². The second kappa shape index (κ2) is 7.01. The van der Waals surface area contributed by atoms with Crippen LogP contribution >= 0.6 is 0 Å². The van der Waals surface area contributed by atoms with Crippen LogP contribution in [0.25, 0.3) is 10.8 Å². The van der Waals surface area contributed by atoms with E-state index in [-0.39, 0.29) is 18.2 Å². The third-order valence-electron chi connectivity index (χ3n) is 4.57. The summed E-state index contributed by atoms with van der Waals surface area (Å²) in [6, 6.07) is 11.5. The van der Waals surface area contributed by atoms with Crippen molar-refractivity contribution in [1.82, 2.24) is 4.90 Å². The number of methoxy groups -OCH3 is 1. The molecular formula is C19H21NO4. The molecule has 126 valence electrons. The predicted molar refractivity (Wildman–Crippen MR) is 91.6 cm³/mol. The maximum Gasteiger partial charge on any atom is 0.317 e. The maximum absolute atomic E-state index is 12.8. The van der Waals surface area contributed by atoms with Gasteiger partial charge in [0.2, 0.25) is 0 Å². The minimum absolute atomic E-state index is 0.00128. The molecule has 1 atom stereocenters. The molecule has 1 saturated heterocycles. The van der Waals surface area contributed by atoms with Gasteiger partial charge in [-0.3, -0.25) is 14.5 Å². The summed E-state index contributed by atoms with van der Waals surface area (Å²) >= 11 is 0. The van der Waals surface area contributed by atoms with Crippen molar-refractivity contribution < 1.29 is 19.4 Å². The molecule has 2 aromatic carbocycles. The smallest absolute Gasteiger partial charge is 0.317 e. The highest BCUT2D eigenvalue weighted by molar-refractivity contribution is 6.01. The van der Waals surface area contributed by atoms with Crippen LogP contribution in [0.2, 0.25) is 0 Å². The lowest BCUT2D eigenvalue weighted by molar-refractivity contribution is -0.138. The number of hydrogen-bond donors (Lipinski definition) is 1. The summed E-state index contributed by atoms with van der Waals surface area (Å²) in [4.78, 5) is 25.5. The Balaban J connectivity index is 1.79. The Labute approximate surface area is 140 Å². The molecule has 0 saturated carbocycles. The number of rotatable bonds is 5. The minimum atomic E-state index is -0.845. The van der Waals surface area contributed by atoms with Crippen LogP contribution in [0.5, 0.6) is 5.75 Å². The summed E-state index contributed by atoms with van der Waals surface area (Å²) in [7, 11) is 1.63. The van der Waals surface area contributed by atoms with Crippen molar-refractivity contribution in [3.8, 4) is 5.75 Å². The van der Waals surface area contributed by atoms with Gasteiger partial charge < -0.3 is 9.84 Å². The highest BCUT2D eigenvalue weighted by Gasteiger charge is 2.27. The number of carbonyl (C=O) groups excluding carboxylic acids is 1. The molecule has 0 spiro atoms. The van der Waals surface area contributed by atoms with E-state index in [9.17, 15) is 9.59 Å². The molecule has 0 radical (unpaired) electrons. The summed E-state index contributed by atoms with van der Waals surface area (Å²) in [5.74, 6) is -0.0856. The lowest BCUT2D eigenvalue weighted by atomic mass is 9.89. The summed E-state index contributed by atoms with van der Waals surface area (Å²) in [5.41, 5.74) is 0.690. The summed E-state index contributed by atoms with van der Waals surface area (Å²) < 4.78 is 5.22. The fourth-order valence-electron chi connectivity index (χ4n) is 3.34. The molecule has 5 nitrogen and oxygen atoms in total. The predicted octanol–water partition coefficient (Wildman–Crippen LogP) is 2.83. The van der Waals surface area contributed by atoms with Gasteiger partial charge in [-0.2, -0.15) is 0 Å². The molecule has 0 unspecified atom stereocenters. The van der Waals surface area contributed by atoms with Gasteiger partial charge in [0.15, 0.2) is 5.78 Å². The Bertz CT molecular complexity index is 771. The number of hydrogen-bond acceptors (Lipinski definition) is 4. The third-order valence-corrected chi connectivity index (χ3v) is 4.57. The molecule has 3 rings (SSSR count). The first-order chi connectivity index (χ1) is 11.6. The third kappa shape index (κ3) is 3.57. The number of carboxylic acids is 1. The van der Waals surface area contributed by atoms with E-state index in [4.69, 9.17) is 9.84 Å². The Morgan fingerprint density at radius 3 is 2.71 bits per heavy atom. The Morgan fingerprint density at radius 2 is 1.96 bits per heavy atom. The first-order valence-corrected chi connectivity index (χ1v) is 8.13. The van der Waals surface area contributed by atoms with Gasteiger partial charge in [-0.05, 0) is 48.4 Å². The number of fused-ring (bicyclic) bond motifs is 1. The number of piperidine rings is 1. The van der Waals surface area contributed by atoms with Crippen LogP contribution in [0.15, 0.2) is 36.4 Å². The number of ketones is 1. The molecule has 0 bridgehead atoms. The van der Waals surface area contributed by atoms with E-state index in [1.54, 1.807) is 7.11 Å². The molecule has 0 amide bonds. The van der Waals surface area contributed by atoms with Gasteiger partial charge in [0.25, 0.3) is 0 Å². The second-order valence-corrected chi connectivity index (χ2v) is 6.26. The molecule has 1 heterocycles. The number of benzene rings is 2. The van der Waals surface area contributed by atoms with E-state index in [0.29, 0.717) is 12.1 Å². The van der Waals surface area contributed by atoms with Crippen LogP contribution in [0, 0.1) is 5.92 Å². The standard InChI is InChI=1S/C19H21NO4/c1-24-17-7-6-13-9-15(5-4-14(13)10-17)19(23)16-3-2-8-20(11-16)12-18(21)22/h4-7,9-10,16H,2-3,8,11-12H2,1H3,(H,21,22)/t16-/m0/s1. The van der Waals surface area contributed by atoms with Crippen LogP contribution in [0.3, 0.4) is 0 Å². The van der Waals surface area contributed by atoms with E-state index >= 15 is 0 Å². The first kappa shape index (κ1) is 16.5. The van der Waals surface area contributed by atoms with Crippen molar-refractivity contribution in [3.05, 3.63) is 42.0 Å². The monoisotopic (exact) mass is 327 g/mol. The number of carboxylic acid groups (broad SMARTS) is 1. The van der Waals surface area contributed by atoms with Crippen molar-refractivity contribution in [1.29, 1.82) is 0 Å². The summed E-state index contributed by atoms with van der Waals surface area (Å²) in [6.07, 6.45) is 1.67. The number of Topliss-reactive ketones (excluding diaryl/α,β-unsaturated/α-hetero) is 1. The topological polar surface area (TPSA) is 66.8 Å². The lowest BCUT2D eigenvalue weighted by Crippen LogP contribution is -2.41. The van der Waals surface area contributed by atoms with Crippen molar-refractivity contribution in [2.24, 2.45) is 5.92 Å². The zero-order valence-corrected chi connectivity index (χ0v) is 13.7. The highest BCUT2D eigenvalue weighted by Crippen LogP contribution is 2.25. The summed E-state index contributed by atoms with van der Waals surface area (Å²) in [5, 5.41) is 11.0. The first-order valence-electron chi connectivity index (χ1n) is 8.13. The van der Waals surface area contributed by atoms with Crippen LogP contribution in [0.4, 0.5) is 0 Å². The Morgan fingerprint density at radius 1 is 1.21 bits per heavy atom. The zero-order valence-electron chi connectivity index (χ0n) is 13.7. The van der Waals surface area contributed by atoms with Crippen LogP contribution in [-0.2, 0) is 4.79 Å². The number of ether oxygens (including phenoxy) is 1. The highest BCUT2D eigenvalue weighted by atomic mass is 16.5. The molecule has 0 aromatic heterocycles. The van der Waals surface area contributed by atoms with Gasteiger partial charge >= 0.3 is 5.97 Å². The van der Waals surface area contributed by atoms with Gasteiger partial charge in [0.05, 0.1) is 13.7 Å². The molecule has 1 aliphatic heterocycles. The van der Waals surface area contributed by atoms with E-state index in [1.807, 2.05) is 41.3 Å². The zero-order chi connectivity index (χ0) is 17.1. The van der Waals surface area contributed by atoms with E-state index in [0.717, 1.165) is 35.9 Å². The average Bonchev–Trinajstić information content (AvgIpc) is 2.59. The van der Waals surface area contributed by atoms with Gasteiger partial charge in [-0.25, -0.2) is 0 Å². The van der Waals surface area contributed by atoms with E-state index < -0.39 is 5.97 Å². The fourth-order valence-corrected chi connectivity index (χ4v) is 3.34. The van der Waals surface area contributed by atoms with Crippen LogP contribution in [0.1, 0.15) is 23.2 Å². The molecule has 1 fully saturated rings. The Kier molecular flexibility index (Phi) is 4.81. The van der Waals surface area contributed by atoms with Gasteiger partial charge in [-0.15, -0.1) is 0 Å². The number of nitrogens with zero attached hydrogens (tertiary/aromatic N) is 1. The quantitative estimate of drug-likeness (QED) is 0.855. The number of likely N-dealkylation sites (tertiary alicyclic amines) is 1. The maximum atomic E-state index is 12.8. The van der Waals surface area contributed by atoms with Gasteiger partial charge in [0.1, 0.15) is 5.75 Å². The van der Waals surface area contributed by atoms with E-state index in [1.165, 1.54) is 0 Å². The summed E-state index contributed by atoms with van der Waals surface area (Å²) in [6.45, 7) is 1.26. The van der Waals surface area contributed by atoms with Crippen LogP contribution < -0.4 is 4.74 Å². The number of carbonyl (C=O) groups is 2. The SMILES string of the molecule is COc1ccc2cc(C(=O)[C@H]3CCCN(CC(=O)O)C3)ccc2c1. The fraction of sp³-hybridized carbons (Fsp3) is 0.368. The molecule has 2 aromatic rings. The van der Waals surface area contributed by atoms with Crippen molar-refractivity contribution in [2.75, 3.05) is 26.7 Å². The number of aliphatic carboxylic acids is 1. The largest absolute Gasteiger partial charge is 0.497 e. The van der Waals surface area contributed by atoms with Gasteiger partial charge in [-0.1, -0.05) is 18.2 Å². The Hall–Kier alpha value is -2.40. The molecule has 0 aliphatic carbocycles.